The molecular weight excluding hydrogens is 408 g/mol. The minimum absolute atomic E-state index is 2.36. The van der Waals surface area contributed by atoms with E-state index in [1.165, 1.54) is 0 Å². The molecule has 0 atom stereocenters. The van der Waals surface area contributed by atoms with Crippen LogP contribution in [0.5, 0.6) is 0 Å². The Hall–Kier alpha value is -0.520. The van der Waals surface area contributed by atoms with Gasteiger partial charge in [0.25, 0.3) is 0 Å². The Morgan fingerprint density at radius 3 is 0.591 bits per heavy atom. The van der Waals surface area contributed by atoms with Gasteiger partial charge >= 0.3 is 53.9 Å². The van der Waals surface area contributed by atoms with Crippen molar-refractivity contribution in [2.45, 2.75) is 12.3 Å². The van der Waals surface area contributed by atoms with Crippen molar-refractivity contribution < 1.29 is 67.1 Å². The Morgan fingerprint density at radius 2 is 0.500 bits per heavy atom. The minimum atomic E-state index is -4.11. The lowest BCUT2D eigenvalue weighted by Gasteiger charge is -2.39. The van der Waals surface area contributed by atoms with Gasteiger partial charge in [0.15, 0.2) is 0 Å². The van der Waals surface area contributed by atoms with Crippen LogP contribution in [-0.2, 0) is 75.1 Å². The molecule has 4 aliphatic heterocycles. The van der Waals surface area contributed by atoms with Crippen molar-refractivity contribution in [3.05, 3.63) is 0 Å². The number of rotatable bonds is 0. The quantitative estimate of drug-likeness (QED) is 0.378. The van der Waals surface area contributed by atoms with Gasteiger partial charge in [-0.1, -0.05) is 0 Å². The fourth-order valence-corrected chi connectivity index (χ4v) is 4.07. The van der Waals surface area contributed by atoms with Crippen molar-refractivity contribution in [1.29, 1.82) is 0 Å². The van der Waals surface area contributed by atoms with E-state index in [4.69, 9.17) is 0 Å². The zero-order valence-corrected chi connectivity index (χ0v) is 12.4. The molecule has 4 aliphatic rings. The summed E-state index contributed by atoms with van der Waals surface area (Å²) in [6.07, 6.45) is -4.73. The van der Waals surface area contributed by atoms with Crippen LogP contribution in [0.1, 0.15) is 0 Å². The van der Waals surface area contributed by atoms with Crippen LogP contribution in [-0.4, -0.2) is 46.0 Å². The monoisotopic (exact) mass is 408 g/mol. The van der Waals surface area contributed by atoms with E-state index >= 15 is 0 Å². The smallest absolute Gasteiger partial charge is 0.169 e. The van der Waals surface area contributed by atoms with E-state index in [9.17, 15) is 33.7 Å². The molecule has 0 saturated carbocycles. The molecule has 0 aromatic carbocycles. The van der Waals surface area contributed by atoms with Crippen LogP contribution in [0, 0.1) is 0 Å². The lowest BCUT2D eigenvalue weighted by atomic mass is 11.2. The topological polar surface area (TPSA) is 210 Å². The Labute approximate surface area is 121 Å². The Kier molecular flexibility index (Phi) is 3.05. The first-order valence-corrected chi connectivity index (χ1v) is 9.63. The Bertz CT molecular complexity index is 713. The molecule has 0 aromatic heterocycles. The largest absolute Gasteiger partial charge is 0.477 e. The van der Waals surface area contributed by atoms with Crippen molar-refractivity contribution in [2.75, 3.05) is 0 Å². The maximum atomic E-state index is 10.1. The van der Waals surface area contributed by atoms with E-state index in [0.29, 0.717) is 0 Å². The molecule has 22 heavy (non-hydrogen) atoms. The molecule has 16 nitrogen and oxygen atoms in total. The molecule has 0 bridgehead atoms. The molecule has 4 heterocycles. The van der Waals surface area contributed by atoms with Crippen molar-refractivity contribution in [3.63, 3.8) is 0 Å². The molecule has 128 valence electrons. The third-order valence-electron chi connectivity index (χ3n) is 1.63. The number of hydrogen-bond acceptors (Lipinski definition) is 16. The van der Waals surface area contributed by atoms with Gasteiger partial charge in [0.05, 0.1) is 0 Å². The Morgan fingerprint density at radius 1 is 0.364 bits per heavy atom. The molecule has 20 heteroatoms. The predicted octanol–water partition coefficient (Wildman–Crippen LogP) is -3.64. The summed E-state index contributed by atoms with van der Waals surface area (Å²) in [5, 5.41) is 0. The molecular formula is C2O16S4. The summed E-state index contributed by atoms with van der Waals surface area (Å²) >= 11 is 0. The third-order valence-corrected chi connectivity index (χ3v) is 4.90. The summed E-state index contributed by atoms with van der Waals surface area (Å²) in [5.41, 5.74) is 0. The second-order valence-electron chi connectivity index (χ2n) is 3.30. The first-order valence-electron chi connectivity index (χ1n) is 4.30. The van der Waals surface area contributed by atoms with E-state index < -0.39 is 53.9 Å². The van der Waals surface area contributed by atoms with Crippen LogP contribution >= 0.6 is 0 Å². The second-order valence-corrected chi connectivity index (χ2v) is 7.90. The highest BCUT2D eigenvalue weighted by Gasteiger charge is 2.70. The minimum Gasteiger partial charge on any atom is -0.169 e. The zero-order chi connectivity index (χ0) is 16.7. The van der Waals surface area contributed by atoms with Crippen molar-refractivity contribution in [1.82, 2.24) is 0 Å². The van der Waals surface area contributed by atoms with Gasteiger partial charge in [-0.3, -0.25) is 0 Å². The van der Waals surface area contributed by atoms with E-state index in [-0.39, 0.29) is 0 Å². The van der Waals surface area contributed by atoms with Crippen molar-refractivity contribution in [3.8, 4) is 0 Å². The molecule has 4 rings (SSSR count). The van der Waals surface area contributed by atoms with Gasteiger partial charge in [-0.2, -0.15) is 67.1 Å². The van der Waals surface area contributed by atoms with Crippen LogP contribution in [0.3, 0.4) is 0 Å². The van der Waals surface area contributed by atoms with E-state index in [1.807, 2.05) is 0 Å². The van der Waals surface area contributed by atoms with Crippen LogP contribution in [0.25, 0.3) is 0 Å². The molecule has 4 saturated heterocycles. The van der Waals surface area contributed by atoms with E-state index in [2.05, 4.69) is 33.5 Å². The molecule has 0 radical (unpaired) electrons. The first-order chi connectivity index (χ1) is 9.66. The lowest BCUT2D eigenvalue weighted by Crippen LogP contribution is -2.63. The van der Waals surface area contributed by atoms with Gasteiger partial charge in [-0.15, -0.1) is 0 Å². The van der Waals surface area contributed by atoms with Crippen LogP contribution < -0.4 is 0 Å². The van der Waals surface area contributed by atoms with Gasteiger partial charge in [0.2, 0.25) is 0 Å². The molecule has 0 N–H and O–H groups in total. The molecule has 0 amide bonds. The maximum absolute atomic E-state index is 10.1. The number of hydrogen-bond donors (Lipinski definition) is 0. The summed E-state index contributed by atoms with van der Waals surface area (Å²) in [7, 11) is -16.5. The highest BCUT2D eigenvalue weighted by atomic mass is 32.3. The SMILES string of the molecule is O=S1(=O)OC2(O1)OS(=O)(=O)O2.O=S1(=O)OC2(O1)OS(=O)(=O)O2. The average Bonchev–Trinajstić information content (AvgIpc) is 2.04. The fourth-order valence-electron chi connectivity index (χ4n) is 1.14. The van der Waals surface area contributed by atoms with Crippen molar-refractivity contribution >= 4 is 41.6 Å². The first kappa shape index (κ1) is 16.3. The van der Waals surface area contributed by atoms with E-state index in [1.54, 1.807) is 0 Å². The van der Waals surface area contributed by atoms with Crippen LogP contribution in [0.4, 0.5) is 0 Å². The summed E-state index contributed by atoms with van der Waals surface area (Å²) in [6.45, 7) is 0. The predicted molar refractivity (Wildman–Crippen MR) is 49.8 cm³/mol. The normalized spacial score (nSPS) is 35.6. The molecule has 0 aromatic rings. The summed E-state index contributed by atoms with van der Waals surface area (Å²) < 4.78 is 111. The molecule has 0 unspecified atom stereocenters. The lowest BCUT2D eigenvalue weighted by molar-refractivity contribution is -0.454. The van der Waals surface area contributed by atoms with Gasteiger partial charge in [-0.25, -0.2) is 0 Å². The molecule has 4 fully saturated rings. The highest BCUT2D eigenvalue weighted by molar-refractivity contribution is 7.85. The van der Waals surface area contributed by atoms with Gasteiger partial charge in [0, 0.05) is 0 Å². The fraction of sp³-hybridized carbons (Fsp3) is 1.00. The second kappa shape index (κ2) is 4.11. The average molecular weight is 408 g/mol. The standard InChI is InChI=1S/2CO8S2/c2*2-10(3)6-1(7-10)8-11(4,5)9-1. The highest BCUT2D eigenvalue weighted by Crippen LogP contribution is 2.44. The Balaban J connectivity index is 0.000000131. The third kappa shape index (κ3) is 2.95. The summed E-state index contributed by atoms with van der Waals surface area (Å²) in [6, 6.07) is 0. The van der Waals surface area contributed by atoms with Crippen molar-refractivity contribution in [2.24, 2.45) is 0 Å². The van der Waals surface area contributed by atoms with Gasteiger partial charge < -0.3 is 0 Å². The summed E-state index contributed by atoms with van der Waals surface area (Å²) in [5.74, 6) is 0. The molecule has 0 aliphatic carbocycles. The van der Waals surface area contributed by atoms with Gasteiger partial charge in [0.1, 0.15) is 0 Å². The van der Waals surface area contributed by atoms with Crippen LogP contribution in [0.15, 0.2) is 0 Å². The van der Waals surface area contributed by atoms with Gasteiger partial charge in [-0.05, 0) is 0 Å². The van der Waals surface area contributed by atoms with E-state index in [0.717, 1.165) is 0 Å². The maximum Gasteiger partial charge on any atom is 0.477 e. The van der Waals surface area contributed by atoms with Crippen LogP contribution in [0.2, 0.25) is 0 Å². The zero-order valence-electron chi connectivity index (χ0n) is 9.16. The molecule has 2 spiro atoms. The summed E-state index contributed by atoms with van der Waals surface area (Å²) in [4.78, 5) is 0.